The van der Waals surface area contributed by atoms with Crippen molar-refractivity contribution in [2.45, 2.75) is 6.10 Å². The summed E-state index contributed by atoms with van der Waals surface area (Å²) in [6, 6.07) is 1.79. The minimum absolute atomic E-state index is 0.0438. The Balaban J connectivity index is 1.95. The minimum Gasteiger partial charge on any atom is -0.495 e. The van der Waals surface area contributed by atoms with E-state index in [1.54, 1.807) is 30.0 Å². The van der Waals surface area contributed by atoms with Crippen molar-refractivity contribution in [3.8, 4) is 5.75 Å². The van der Waals surface area contributed by atoms with Crippen molar-refractivity contribution in [3.63, 3.8) is 0 Å². The van der Waals surface area contributed by atoms with Crippen LogP contribution in [0.15, 0.2) is 11.4 Å². The van der Waals surface area contributed by atoms with Gasteiger partial charge in [-0.25, -0.2) is 0 Å². The standard InChI is InChI=1S/C14H21N3O4S/c1-16(9-12(15)18)7-10-8-17(4-5-21-10)14(19)13-11(20-2)3-6-22-13/h3,6,10H,4-5,7-9H2,1-2H3,(H2,15,18)/t10-/m0/s1. The molecule has 1 aliphatic heterocycles. The number of rotatable bonds is 6. The number of amides is 2. The van der Waals surface area contributed by atoms with Crippen LogP contribution in [0.5, 0.6) is 5.75 Å². The van der Waals surface area contributed by atoms with Gasteiger partial charge < -0.3 is 20.1 Å². The molecule has 0 aliphatic carbocycles. The summed E-state index contributed by atoms with van der Waals surface area (Å²) in [7, 11) is 3.36. The van der Waals surface area contributed by atoms with Gasteiger partial charge in [0.05, 0.1) is 26.4 Å². The lowest BCUT2D eigenvalue weighted by molar-refractivity contribution is -0.119. The number of likely N-dealkylation sites (N-methyl/N-ethyl adjacent to an activating group) is 1. The van der Waals surface area contributed by atoms with Gasteiger partial charge in [-0.1, -0.05) is 0 Å². The molecule has 2 N–H and O–H groups in total. The SMILES string of the molecule is COc1ccsc1C(=O)N1CCO[C@@H](CN(C)CC(N)=O)C1. The minimum atomic E-state index is -0.380. The zero-order valence-corrected chi connectivity index (χ0v) is 13.6. The highest BCUT2D eigenvalue weighted by Crippen LogP contribution is 2.26. The maximum Gasteiger partial charge on any atom is 0.267 e. The van der Waals surface area contributed by atoms with Gasteiger partial charge in [0.25, 0.3) is 5.91 Å². The van der Waals surface area contributed by atoms with Crippen LogP contribution >= 0.6 is 11.3 Å². The Kier molecular flexibility index (Phi) is 5.76. The van der Waals surface area contributed by atoms with E-state index in [1.165, 1.54) is 11.3 Å². The Morgan fingerprint density at radius 3 is 3.05 bits per heavy atom. The summed E-state index contributed by atoms with van der Waals surface area (Å²) in [4.78, 5) is 27.6. The Morgan fingerprint density at radius 1 is 1.59 bits per heavy atom. The van der Waals surface area contributed by atoms with Crippen LogP contribution < -0.4 is 10.5 Å². The lowest BCUT2D eigenvalue weighted by Gasteiger charge is -2.34. The van der Waals surface area contributed by atoms with E-state index in [4.69, 9.17) is 15.2 Å². The van der Waals surface area contributed by atoms with Gasteiger partial charge in [-0.15, -0.1) is 11.3 Å². The van der Waals surface area contributed by atoms with E-state index in [0.29, 0.717) is 36.9 Å². The molecule has 0 bridgehead atoms. The quantitative estimate of drug-likeness (QED) is 0.796. The highest BCUT2D eigenvalue weighted by molar-refractivity contribution is 7.12. The Hall–Kier alpha value is -1.64. The van der Waals surface area contributed by atoms with Crippen molar-refractivity contribution >= 4 is 23.2 Å². The van der Waals surface area contributed by atoms with Crippen LogP contribution in [0.25, 0.3) is 0 Å². The molecule has 0 unspecified atom stereocenters. The number of methoxy groups -OCH3 is 1. The average molecular weight is 327 g/mol. The smallest absolute Gasteiger partial charge is 0.267 e. The Morgan fingerprint density at radius 2 is 2.36 bits per heavy atom. The number of nitrogens with two attached hydrogens (primary N) is 1. The predicted molar refractivity (Wildman–Crippen MR) is 83.2 cm³/mol. The summed E-state index contributed by atoms with van der Waals surface area (Å²) in [6.45, 7) is 2.24. The summed E-state index contributed by atoms with van der Waals surface area (Å²) in [5.74, 6) is 0.177. The zero-order chi connectivity index (χ0) is 16.1. The first-order valence-corrected chi connectivity index (χ1v) is 7.88. The maximum absolute atomic E-state index is 12.6. The number of hydrogen-bond donors (Lipinski definition) is 1. The predicted octanol–water partition coefficient (Wildman–Crippen LogP) is 0.0148. The normalized spacial score (nSPS) is 18.5. The van der Waals surface area contributed by atoms with E-state index in [-0.39, 0.29) is 24.5 Å². The number of morpholine rings is 1. The highest BCUT2D eigenvalue weighted by Gasteiger charge is 2.28. The fourth-order valence-corrected chi connectivity index (χ4v) is 3.28. The molecule has 1 aromatic rings. The second-order valence-corrected chi connectivity index (χ2v) is 6.14. The molecule has 0 aromatic carbocycles. The van der Waals surface area contributed by atoms with Crippen molar-refractivity contribution < 1.29 is 19.1 Å². The molecule has 1 fully saturated rings. The molecule has 2 heterocycles. The molecule has 2 amide bonds. The molecule has 0 radical (unpaired) electrons. The van der Waals surface area contributed by atoms with Crippen molar-refractivity contribution in [1.82, 2.24) is 9.80 Å². The molecular formula is C14H21N3O4S. The van der Waals surface area contributed by atoms with Crippen LogP contribution in [-0.4, -0.2) is 74.7 Å². The zero-order valence-electron chi connectivity index (χ0n) is 12.8. The van der Waals surface area contributed by atoms with Crippen LogP contribution in [0.2, 0.25) is 0 Å². The first kappa shape index (κ1) is 16.7. The summed E-state index contributed by atoms with van der Waals surface area (Å²) >= 11 is 1.37. The first-order chi connectivity index (χ1) is 10.5. The van der Waals surface area contributed by atoms with Gasteiger partial charge in [-0.05, 0) is 18.5 Å². The number of carbonyl (C=O) groups excluding carboxylic acids is 2. The molecular weight excluding hydrogens is 306 g/mol. The van der Waals surface area contributed by atoms with Crippen molar-refractivity contribution in [1.29, 1.82) is 0 Å². The number of primary amides is 1. The molecule has 1 aromatic heterocycles. The molecule has 0 spiro atoms. The van der Waals surface area contributed by atoms with Gasteiger partial charge in [0.1, 0.15) is 10.6 Å². The van der Waals surface area contributed by atoms with Gasteiger partial charge >= 0.3 is 0 Å². The molecule has 7 nitrogen and oxygen atoms in total. The molecule has 1 aliphatic rings. The van der Waals surface area contributed by atoms with Crippen molar-refractivity contribution in [2.75, 3.05) is 46.9 Å². The molecule has 2 rings (SSSR count). The van der Waals surface area contributed by atoms with E-state index in [9.17, 15) is 9.59 Å². The van der Waals surface area contributed by atoms with E-state index in [0.717, 1.165) is 0 Å². The monoisotopic (exact) mass is 327 g/mol. The van der Waals surface area contributed by atoms with Crippen LogP contribution in [-0.2, 0) is 9.53 Å². The van der Waals surface area contributed by atoms with Crippen LogP contribution in [0.1, 0.15) is 9.67 Å². The topological polar surface area (TPSA) is 85.1 Å². The number of ether oxygens (including phenoxy) is 2. The average Bonchev–Trinajstić information content (AvgIpc) is 2.94. The fourth-order valence-electron chi connectivity index (χ4n) is 2.45. The maximum atomic E-state index is 12.6. The molecule has 22 heavy (non-hydrogen) atoms. The number of nitrogens with zero attached hydrogens (tertiary/aromatic N) is 2. The summed E-state index contributed by atoms with van der Waals surface area (Å²) in [5, 5.41) is 1.84. The summed E-state index contributed by atoms with van der Waals surface area (Å²) in [5.41, 5.74) is 5.17. The van der Waals surface area contributed by atoms with E-state index < -0.39 is 0 Å². The lowest BCUT2D eigenvalue weighted by Crippen LogP contribution is -2.49. The molecule has 0 saturated carbocycles. The van der Waals surface area contributed by atoms with E-state index in [1.807, 2.05) is 5.38 Å². The third kappa shape index (κ3) is 4.19. The second kappa shape index (κ2) is 7.57. The van der Waals surface area contributed by atoms with Crippen molar-refractivity contribution in [2.24, 2.45) is 5.73 Å². The Bertz CT molecular complexity index is 534. The second-order valence-electron chi connectivity index (χ2n) is 5.23. The third-order valence-corrected chi connectivity index (χ3v) is 4.29. The molecule has 8 heteroatoms. The first-order valence-electron chi connectivity index (χ1n) is 7.00. The number of thiophene rings is 1. The van der Waals surface area contributed by atoms with Gasteiger partial charge in [0.15, 0.2) is 0 Å². The fraction of sp³-hybridized carbons (Fsp3) is 0.571. The molecule has 1 saturated heterocycles. The molecule has 1 atom stereocenters. The van der Waals surface area contributed by atoms with E-state index in [2.05, 4.69) is 0 Å². The summed E-state index contributed by atoms with van der Waals surface area (Å²) < 4.78 is 10.9. The summed E-state index contributed by atoms with van der Waals surface area (Å²) in [6.07, 6.45) is -0.131. The third-order valence-electron chi connectivity index (χ3n) is 3.41. The van der Waals surface area contributed by atoms with E-state index >= 15 is 0 Å². The lowest BCUT2D eigenvalue weighted by atomic mass is 10.2. The van der Waals surface area contributed by atoms with Gasteiger partial charge in [-0.2, -0.15) is 0 Å². The van der Waals surface area contributed by atoms with Crippen molar-refractivity contribution in [3.05, 3.63) is 16.3 Å². The van der Waals surface area contributed by atoms with Crippen LogP contribution in [0.3, 0.4) is 0 Å². The highest BCUT2D eigenvalue weighted by atomic mass is 32.1. The number of hydrogen-bond acceptors (Lipinski definition) is 6. The van der Waals surface area contributed by atoms with Gasteiger partial charge in [0, 0.05) is 19.6 Å². The Labute approximate surface area is 133 Å². The van der Waals surface area contributed by atoms with Gasteiger partial charge in [0.2, 0.25) is 5.91 Å². The number of carbonyl (C=O) groups is 2. The molecule has 122 valence electrons. The van der Waals surface area contributed by atoms with Crippen LogP contribution in [0, 0.1) is 0 Å². The van der Waals surface area contributed by atoms with Gasteiger partial charge in [-0.3, -0.25) is 14.5 Å². The van der Waals surface area contributed by atoms with Crippen LogP contribution in [0.4, 0.5) is 0 Å². The largest absolute Gasteiger partial charge is 0.495 e.